The lowest BCUT2D eigenvalue weighted by Gasteiger charge is -2.37. The lowest BCUT2D eigenvalue weighted by Crippen LogP contribution is -2.48. The van der Waals surface area contributed by atoms with E-state index in [9.17, 15) is 4.79 Å². The first-order valence-corrected chi connectivity index (χ1v) is 8.48. The number of hydrogen-bond donors (Lipinski definition) is 0. The van der Waals surface area contributed by atoms with Crippen LogP contribution in [-0.4, -0.2) is 72.5 Å². The van der Waals surface area contributed by atoms with Crippen LogP contribution in [0.1, 0.15) is 46.0 Å². The van der Waals surface area contributed by atoms with Crippen molar-refractivity contribution in [2.24, 2.45) is 0 Å². The van der Waals surface area contributed by atoms with E-state index in [1.807, 2.05) is 0 Å². The van der Waals surface area contributed by atoms with Crippen molar-refractivity contribution >= 4 is 5.91 Å². The summed E-state index contributed by atoms with van der Waals surface area (Å²) in [6.45, 7) is 12.1. The van der Waals surface area contributed by atoms with Gasteiger partial charge >= 0.3 is 0 Å². The number of nitrogens with zero attached hydrogens (tertiary/aromatic N) is 3. The van der Waals surface area contributed by atoms with Crippen LogP contribution in [-0.2, 0) is 4.79 Å². The van der Waals surface area contributed by atoms with E-state index in [-0.39, 0.29) is 0 Å². The van der Waals surface area contributed by atoms with Gasteiger partial charge in [-0.2, -0.15) is 0 Å². The van der Waals surface area contributed by atoms with Crippen LogP contribution in [0, 0.1) is 0 Å². The molecule has 1 atom stereocenters. The van der Waals surface area contributed by atoms with Gasteiger partial charge in [0, 0.05) is 51.7 Å². The molecular weight excluding hydrogens is 250 g/mol. The Morgan fingerprint density at radius 2 is 1.70 bits per heavy atom. The van der Waals surface area contributed by atoms with Crippen molar-refractivity contribution in [1.29, 1.82) is 0 Å². The maximum absolute atomic E-state index is 12.4. The number of carbonyl (C=O) groups is 1. The molecular formula is C16H31N3O. The first kappa shape index (κ1) is 15.8. The quantitative estimate of drug-likeness (QED) is 0.769. The normalized spacial score (nSPS) is 25.9. The van der Waals surface area contributed by atoms with Gasteiger partial charge in [-0.3, -0.25) is 4.79 Å². The fraction of sp³-hybridized carbons (Fsp3) is 0.938. The molecule has 0 bridgehead atoms. The van der Waals surface area contributed by atoms with Crippen LogP contribution in [0.4, 0.5) is 0 Å². The third-order valence-corrected chi connectivity index (χ3v) is 4.97. The molecule has 0 aliphatic carbocycles. The average Bonchev–Trinajstić information content (AvgIpc) is 2.53. The highest BCUT2D eigenvalue weighted by Crippen LogP contribution is 2.20. The van der Waals surface area contributed by atoms with E-state index in [2.05, 4.69) is 28.5 Å². The van der Waals surface area contributed by atoms with E-state index in [0.29, 0.717) is 18.4 Å². The maximum Gasteiger partial charge on any atom is 0.224 e. The van der Waals surface area contributed by atoms with Gasteiger partial charge in [0.05, 0.1) is 0 Å². The largest absolute Gasteiger partial charge is 0.340 e. The molecule has 2 fully saturated rings. The number of likely N-dealkylation sites (tertiary alicyclic amines) is 1. The van der Waals surface area contributed by atoms with E-state index in [0.717, 1.165) is 52.2 Å². The predicted octanol–water partition coefficient (Wildman–Crippen LogP) is 1.81. The summed E-state index contributed by atoms with van der Waals surface area (Å²) in [5.74, 6) is 0.384. The van der Waals surface area contributed by atoms with E-state index >= 15 is 0 Å². The van der Waals surface area contributed by atoms with Crippen molar-refractivity contribution in [1.82, 2.24) is 14.7 Å². The second-order valence-electron chi connectivity index (χ2n) is 6.17. The average molecular weight is 281 g/mol. The second kappa shape index (κ2) is 7.99. The van der Waals surface area contributed by atoms with Crippen LogP contribution in [0.25, 0.3) is 0 Å². The molecule has 0 aromatic rings. The lowest BCUT2D eigenvalue weighted by molar-refractivity contribution is -0.135. The van der Waals surface area contributed by atoms with Crippen LogP contribution in [0.5, 0.6) is 0 Å². The van der Waals surface area contributed by atoms with Gasteiger partial charge in [0.2, 0.25) is 5.91 Å². The minimum atomic E-state index is 0.384. The van der Waals surface area contributed by atoms with Gasteiger partial charge in [0.15, 0.2) is 0 Å². The Morgan fingerprint density at radius 1 is 1.00 bits per heavy atom. The number of carbonyl (C=O) groups excluding carboxylic acids is 1. The topological polar surface area (TPSA) is 26.8 Å². The Balaban J connectivity index is 1.72. The zero-order valence-electron chi connectivity index (χ0n) is 13.3. The summed E-state index contributed by atoms with van der Waals surface area (Å²) < 4.78 is 0. The molecule has 0 radical (unpaired) electrons. The Bertz CT molecular complexity index is 300. The van der Waals surface area contributed by atoms with Gasteiger partial charge in [0.1, 0.15) is 0 Å². The third kappa shape index (κ3) is 4.19. The smallest absolute Gasteiger partial charge is 0.224 e. The monoisotopic (exact) mass is 281 g/mol. The Kier molecular flexibility index (Phi) is 6.30. The highest BCUT2D eigenvalue weighted by molar-refractivity contribution is 5.76. The summed E-state index contributed by atoms with van der Waals surface area (Å²) in [7, 11) is 0. The maximum atomic E-state index is 12.4. The molecule has 0 aromatic heterocycles. The Morgan fingerprint density at radius 3 is 2.35 bits per heavy atom. The van der Waals surface area contributed by atoms with Crippen LogP contribution in [0.3, 0.4) is 0 Å². The molecule has 0 spiro atoms. The highest BCUT2D eigenvalue weighted by Gasteiger charge is 2.25. The number of amides is 1. The molecule has 4 heteroatoms. The second-order valence-corrected chi connectivity index (χ2v) is 6.17. The minimum absolute atomic E-state index is 0.384. The predicted molar refractivity (Wildman–Crippen MR) is 82.8 cm³/mol. The van der Waals surface area contributed by atoms with Gasteiger partial charge < -0.3 is 14.7 Å². The van der Waals surface area contributed by atoms with Crippen molar-refractivity contribution in [2.45, 2.75) is 52.0 Å². The molecule has 1 amide bonds. The molecule has 2 saturated heterocycles. The molecule has 2 aliphatic heterocycles. The highest BCUT2D eigenvalue weighted by atomic mass is 16.2. The van der Waals surface area contributed by atoms with Crippen molar-refractivity contribution in [3.05, 3.63) is 0 Å². The molecule has 0 aromatic carbocycles. The van der Waals surface area contributed by atoms with Crippen molar-refractivity contribution < 1.29 is 4.79 Å². The summed E-state index contributed by atoms with van der Waals surface area (Å²) >= 11 is 0. The van der Waals surface area contributed by atoms with Gasteiger partial charge in [-0.05, 0) is 32.2 Å². The van der Waals surface area contributed by atoms with Gasteiger partial charge in [-0.1, -0.05) is 13.8 Å². The van der Waals surface area contributed by atoms with E-state index in [1.54, 1.807) is 0 Å². The molecule has 0 saturated carbocycles. The van der Waals surface area contributed by atoms with Gasteiger partial charge in [-0.15, -0.1) is 0 Å². The molecule has 0 N–H and O–H groups in total. The Hall–Kier alpha value is -0.610. The SMILES string of the molecule is CCC1CCCCN1C(=O)CCN1CCN(CC)CC1. The number of hydrogen-bond acceptors (Lipinski definition) is 3. The van der Waals surface area contributed by atoms with Crippen LogP contribution >= 0.6 is 0 Å². The fourth-order valence-electron chi connectivity index (χ4n) is 3.48. The van der Waals surface area contributed by atoms with Crippen LogP contribution in [0.15, 0.2) is 0 Å². The molecule has 1 unspecified atom stereocenters. The molecule has 2 aliphatic rings. The lowest BCUT2D eigenvalue weighted by atomic mass is 9.99. The van der Waals surface area contributed by atoms with E-state index in [1.165, 1.54) is 19.3 Å². The Labute approximate surface area is 124 Å². The van der Waals surface area contributed by atoms with Gasteiger partial charge in [0.25, 0.3) is 0 Å². The summed E-state index contributed by atoms with van der Waals surface area (Å²) in [5.41, 5.74) is 0. The van der Waals surface area contributed by atoms with Gasteiger partial charge in [-0.25, -0.2) is 0 Å². The summed E-state index contributed by atoms with van der Waals surface area (Å²) in [6.07, 6.45) is 5.51. The van der Waals surface area contributed by atoms with Crippen molar-refractivity contribution in [2.75, 3.05) is 45.8 Å². The molecule has 4 nitrogen and oxygen atoms in total. The first-order chi connectivity index (χ1) is 9.74. The molecule has 116 valence electrons. The number of piperidine rings is 1. The van der Waals surface area contributed by atoms with Crippen molar-refractivity contribution in [3.8, 4) is 0 Å². The number of rotatable bonds is 5. The van der Waals surface area contributed by atoms with Crippen LogP contribution < -0.4 is 0 Å². The number of likely N-dealkylation sites (N-methyl/N-ethyl adjacent to an activating group) is 1. The van der Waals surface area contributed by atoms with E-state index < -0.39 is 0 Å². The summed E-state index contributed by atoms with van der Waals surface area (Å²) in [6, 6.07) is 0.508. The number of piperazine rings is 1. The standard InChI is InChI=1S/C16H31N3O/c1-3-15-7-5-6-9-19(15)16(20)8-10-18-13-11-17(4-2)12-14-18/h15H,3-14H2,1-2H3. The first-order valence-electron chi connectivity index (χ1n) is 8.48. The van der Waals surface area contributed by atoms with E-state index in [4.69, 9.17) is 0 Å². The zero-order chi connectivity index (χ0) is 14.4. The molecule has 20 heavy (non-hydrogen) atoms. The molecule has 2 rings (SSSR count). The third-order valence-electron chi connectivity index (χ3n) is 4.97. The summed E-state index contributed by atoms with van der Waals surface area (Å²) in [4.78, 5) is 19.5. The summed E-state index contributed by atoms with van der Waals surface area (Å²) in [5, 5.41) is 0. The van der Waals surface area contributed by atoms with Crippen LogP contribution in [0.2, 0.25) is 0 Å². The zero-order valence-corrected chi connectivity index (χ0v) is 13.3. The molecule has 2 heterocycles. The fourth-order valence-corrected chi connectivity index (χ4v) is 3.48. The van der Waals surface area contributed by atoms with Crippen molar-refractivity contribution in [3.63, 3.8) is 0 Å². The minimum Gasteiger partial charge on any atom is -0.340 e.